The Kier molecular flexibility index (Phi) is 5.79. The van der Waals surface area contributed by atoms with Crippen LogP contribution in [0.1, 0.15) is 11.1 Å². The molecule has 5 heteroatoms. The minimum absolute atomic E-state index is 0. The molecule has 0 radical (unpaired) electrons. The van der Waals surface area contributed by atoms with Gasteiger partial charge in [-0.3, -0.25) is 0 Å². The summed E-state index contributed by atoms with van der Waals surface area (Å²) < 4.78 is 8.80. The molecule has 110 valence electrons. The normalized spacial score (nSPS) is 10.4. The molecule has 0 fully saturated rings. The standard InChI is InChI=1S/C16H15BrNOS.BrH/c1-19-14-6-7-15-16(8-14)20-11-18(15)10-13-4-2-12(9-17)3-5-13;/h2-8,11H,9-10H2,1H3;1H/q+1;. The molecule has 1 aromatic heterocycles. The molecule has 2 nitrogen and oxygen atoms in total. The predicted octanol–water partition coefficient (Wildman–Crippen LogP) is 4.72. The summed E-state index contributed by atoms with van der Waals surface area (Å²) in [6.07, 6.45) is 0. The summed E-state index contributed by atoms with van der Waals surface area (Å²) in [7, 11) is 1.70. The number of hydrogen-bond acceptors (Lipinski definition) is 2. The van der Waals surface area contributed by atoms with E-state index in [2.05, 4.69) is 62.4 Å². The van der Waals surface area contributed by atoms with Gasteiger partial charge in [-0.1, -0.05) is 51.5 Å². The van der Waals surface area contributed by atoms with E-state index in [1.807, 2.05) is 6.07 Å². The summed E-state index contributed by atoms with van der Waals surface area (Å²) in [5.74, 6) is 0.910. The smallest absolute Gasteiger partial charge is 0.226 e. The first-order valence-corrected chi connectivity index (χ1v) is 8.39. The first-order valence-electron chi connectivity index (χ1n) is 6.38. The van der Waals surface area contributed by atoms with E-state index in [0.717, 1.165) is 17.6 Å². The van der Waals surface area contributed by atoms with Gasteiger partial charge in [0, 0.05) is 23.0 Å². The molecule has 0 atom stereocenters. The van der Waals surface area contributed by atoms with Gasteiger partial charge in [0.25, 0.3) is 0 Å². The van der Waals surface area contributed by atoms with Crippen molar-refractivity contribution in [3.63, 3.8) is 0 Å². The van der Waals surface area contributed by atoms with Gasteiger partial charge in [0.15, 0.2) is 6.54 Å². The average Bonchev–Trinajstić information content (AvgIpc) is 2.90. The van der Waals surface area contributed by atoms with Crippen LogP contribution in [0.5, 0.6) is 5.75 Å². The maximum absolute atomic E-state index is 5.27. The number of aromatic nitrogens is 1. The van der Waals surface area contributed by atoms with Crippen molar-refractivity contribution in [1.29, 1.82) is 0 Å². The highest BCUT2D eigenvalue weighted by Crippen LogP contribution is 2.22. The molecular formula is C16H16Br2NOS+. The van der Waals surface area contributed by atoms with E-state index in [9.17, 15) is 0 Å². The number of thiazole rings is 1. The molecule has 3 aromatic rings. The number of benzene rings is 2. The molecule has 0 spiro atoms. The fourth-order valence-corrected chi connectivity index (χ4v) is 3.48. The van der Waals surface area contributed by atoms with Gasteiger partial charge in [0.05, 0.1) is 7.11 Å². The zero-order valence-electron chi connectivity index (χ0n) is 11.6. The highest BCUT2D eigenvalue weighted by Gasteiger charge is 2.13. The molecule has 0 bridgehead atoms. The maximum Gasteiger partial charge on any atom is 0.226 e. The Bertz CT molecular complexity index is 725. The molecule has 0 aliphatic carbocycles. The first kappa shape index (κ1) is 16.5. The quantitative estimate of drug-likeness (QED) is 0.432. The van der Waals surface area contributed by atoms with E-state index in [0.29, 0.717) is 0 Å². The lowest BCUT2D eigenvalue weighted by molar-refractivity contribution is -0.658. The van der Waals surface area contributed by atoms with Crippen molar-refractivity contribution >= 4 is 54.5 Å². The predicted molar refractivity (Wildman–Crippen MR) is 97.1 cm³/mol. The van der Waals surface area contributed by atoms with Crippen molar-refractivity contribution in [1.82, 2.24) is 0 Å². The summed E-state index contributed by atoms with van der Waals surface area (Å²) >= 11 is 5.22. The molecule has 2 aromatic carbocycles. The number of nitrogens with zero attached hydrogens (tertiary/aromatic N) is 1. The highest BCUT2D eigenvalue weighted by molar-refractivity contribution is 9.08. The maximum atomic E-state index is 5.27. The fourth-order valence-electron chi connectivity index (χ4n) is 2.18. The van der Waals surface area contributed by atoms with Gasteiger partial charge in [-0.2, -0.15) is 4.57 Å². The largest absolute Gasteiger partial charge is 0.497 e. The van der Waals surface area contributed by atoms with Crippen LogP contribution >= 0.6 is 44.2 Å². The van der Waals surface area contributed by atoms with E-state index >= 15 is 0 Å². The third kappa shape index (κ3) is 3.65. The van der Waals surface area contributed by atoms with E-state index in [-0.39, 0.29) is 17.0 Å². The van der Waals surface area contributed by atoms with Gasteiger partial charge in [0.2, 0.25) is 11.0 Å². The van der Waals surface area contributed by atoms with Gasteiger partial charge in [-0.15, -0.1) is 17.0 Å². The van der Waals surface area contributed by atoms with Crippen molar-refractivity contribution in [2.45, 2.75) is 11.9 Å². The Balaban J connectivity index is 0.00000161. The fraction of sp³-hybridized carbons (Fsp3) is 0.188. The van der Waals surface area contributed by atoms with Crippen molar-refractivity contribution in [3.05, 3.63) is 59.1 Å². The van der Waals surface area contributed by atoms with Gasteiger partial charge < -0.3 is 4.74 Å². The average molecular weight is 430 g/mol. The SMILES string of the molecule is Br.COc1ccc2c(c1)sc[n+]2Cc1ccc(CBr)cc1. The molecule has 0 N–H and O–H groups in total. The summed E-state index contributed by atoms with van der Waals surface area (Å²) in [5.41, 5.74) is 6.04. The Labute approximate surface area is 147 Å². The van der Waals surface area contributed by atoms with Gasteiger partial charge in [-0.25, -0.2) is 0 Å². The molecule has 1 heterocycles. The highest BCUT2D eigenvalue weighted by atomic mass is 79.9. The van der Waals surface area contributed by atoms with Crippen molar-refractivity contribution in [2.24, 2.45) is 0 Å². The van der Waals surface area contributed by atoms with Gasteiger partial charge in [-0.05, 0) is 11.6 Å². The van der Waals surface area contributed by atoms with Crippen molar-refractivity contribution < 1.29 is 9.30 Å². The zero-order chi connectivity index (χ0) is 13.9. The second kappa shape index (κ2) is 7.38. The monoisotopic (exact) mass is 428 g/mol. The first-order chi connectivity index (χ1) is 9.80. The lowest BCUT2D eigenvalue weighted by atomic mass is 10.1. The lowest BCUT2D eigenvalue weighted by Crippen LogP contribution is -2.31. The molecule has 0 saturated carbocycles. The van der Waals surface area contributed by atoms with Gasteiger partial charge in [0.1, 0.15) is 10.4 Å². The number of fused-ring (bicyclic) bond motifs is 1. The van der Waals surface area contributed by atoms with E-state index in [1.54, 1.807) is 18.4 Å². The van der Waals surface area contributed by atoms with Crippen LogP contribution in [0, 0.1) is 0 Å². The minimum Gasteiger partial charge on any atom is -0.497 e. The molecule has 0 aliphatic heterocycles. The number of halogens is 2. The van der Waals surface area contributed by atoms with Crippen molar-refractivity contribution in [3.8, 4) is 5.75 Å². The third-order valence-electron chi connectivity index (χ3n) is 3.31. The third-order valence-corrected chi connectivity index (χ3v) is 4.90. The minimum atomic E-state index is 0. The molecular weight excluding hydrogens is 414 g/mol. The summed E-state index contributed by atoms with van der Waals surface area (Å²) in [6.45, 7) is 0.898. The molecule has 0 saturated heterocycles. The van der Waals surface area contributed by atoms with Gasteiger partial charge >= 0.3 is 0 Å². The number of rotatable bonds is 4. The zero-order valence-corrected chi connectivity index (χ0v) is 15.7. The second-order valence-corrected chi connectivity index (χ2v) is 6.08. The number of hydrogen-bond donors (Lipinski definition) is 0. The van der Waals surface area contributed by atoms with Crippen LogP contribution in [-0.4, -0.2) is 7.11 Å². The van der Waals surface area contributed by atoms with E-state index < -0.39 is 0 Å². The molecule has 0 aliphatic rings. The Morgan fingerprint density at radius 3 is 2.48 bits per heavy atom. The second-order valence-electron chi connectivity index (χ2n) is 4.63. The number of alkyl halides is 1. The topological polar surface area (TPSA) is 13.1 Å². The summed E-state index contributed by atoms with van der Waals surface area (Å²) in [4.78, 5) is 0. The van der Waals surface area contributed by atoms with Crippen LogP contribution in [0.15, 0.2) is 48.0 Å². The van der Waals surface area contributed by atoms with E-state index in [4.69, 9.17) is 4.74 Å². The van der Waals surface area contributed by atoms with Crippen LogP contribution < -0.4 is 9.30 Å². The Hall–Kier alpha value is -0.910. The van der Waals surface area contributed by atoms with Crippen LogP contribution in [0.3, 0.4) is 0 Å². The molecule has 3 rings (SSSR count). The molecule has 21 heavy (non-hydrogen) atoms. The number of ether oxygens (including phenoxy) is 1. The van der Waals surface area contributed by atoms with Crippen LogP contribution in [0.25, 0.3) is 10.2 Å². The van der Waals surface area contributed by atoms with E-state index in [1.165, 1.54) is 21.3 Å². The Morgan fingerprint density at radius 1 is 1.10 bits per heavy atom. The number of methoxy groups -OCH3 is 1. The molecule has 0 amide bonds. The lowest BCUT2D eigenvalue weighted by Gasteiger charge is -2.00. The van der Waals surface area contributed by atoms with Crippen molar-refractivity contribution in [2.75, 3.05) is 7.11 Å². The summed E-state index contributed by atoms with van der Waals surface area (Å²) in [6, 6.07) is 14.9. The van der Waals surface area contributed by atoms with Crippen LogP contribution in [0.4, 0.5) is 0 Å². The molecule has 0 unspecified atom stereocenters. The van der Waals surface area contributed by atoms with Crippen LogP contribution in [0.2, 0.25) is 0 Å². The summed E-state index contributed by atoms with van der Waals surface area (Å²) in [5, 5.41) is 0.904. The Morgan fingerprint density at radius 2 is 1.81 bits per heavy atom. The van der Waals surface area contributed by atoms with Crippen LogP contribution in [-0.2, 0) is 11.9 Å².